The van der Waals surface area contributed by atoms with Gasteiger partial charge in [0.25, 0.3) is 7.82 Å². The maximum absolute atomic E-state index is 11.9. The zero-order valence-corrected chi connectivity index (χ0v) is 24.3. The molecule has 0 radical (unpaired) electrons. The molecule has 0 aromatic carbocycles. The van der Waals surface area contributed by atoms with Crippen LogP contribution in [0.4, 0.5) is 0 Å². The first-order chi connectivity index (χ1) is 16.2. The van der Waals surface area contributed by atoms with Crippen molar-refractivity contribution in [2.24, 2.45) is 0 Å². The number of rotatable bonds is 12. The standard InChI is InChI=1S/C14H23N4O13P3S.Na/c1-2-3-4-35-13-9-12(15-6-16-13)18(7-17-9)14-11(20)10(19)8(29-14)5-28-33(24,25)31-34(26,27)30-32(21,22)23;/h6-8,10-11,14,19-20H,2-5H2,1H3,(H,24,25)(H,26,27)(H2,21,22,23);/q;+1/p-1/t8-,10-,11-,14?;/m1./s1. The van der Waals surface area contributed by atoms with E-state index in [4.69, 9.17) is 14.5 Å². The maximum atomic E-state index is 11.9. The summed E-state index contributed by atoms with van der Waals surface area (Å²) in [5.41, 5.74) is 0.725. The predicted octanol–water partition coefficient (Wildman–Crippen LogP) is -2.95. The van der Waals surface area contributed by atoms with Crippen molar-refractivity contribution in [2.75, 3.05) is 12.4 Å². The molecule has 0 saturated carbocycles. The van der Waals surface area contributed by atoms with Gasteiger partial charge in [-0.15, -0.1) is 11.8 Å². The number of nitrogens with zero attached hydrogens (tertiary/aromatic N) is 4. The zero-order valence-electron chi connectivity index (χ0n) is 18.8. The summed E-state index contributed by atoms with van der Waals surface area (Å²) < 4.78 is 52.2. The summed E-state index contributed by atoms with van der Waals surface area (Å²) in [6.07, 6.45) is -1.36. The summed E-state index contributed by atoms with van der Waals surface area (Å²) in [6, 6.07) is 0. The summed E-state index contributed by atoms with van der Waals surface area (Å²) in [5, 5.41) is 21.4. The van der Waals surface area contributed by atoms with Crippen LogP contribution in [0, 0.1) is 0 Å². The third-order valence-corrected chi connectivity index (χ3v) is 9.33. The van der Waals surface area contributed by atoms with Gasteiger partial charge in [0.2, 0.25) is 0 Å². The van der Waals surface area contributed by atoms with Crippen LogP contribution in [0.3, 0.4) is 0 Å². The molecule has 0 amide bonds. The van der Waals surface area contributed by atoms with Crippen LogP contribution in [0.25, 0.3) is 11.2 Å². The molecular formula is C14H22N4NaO13P3S. The molecular weight excluding hydrogens is 580 g/mol. The average Bonchev–Trinajstić information content (AvgIpc) is 3.26. The van der Waals surface area contributed by atoms with E-state index in [9.17, 15) is 33.7 Å². The first kappa shape index (κ1) is 32.4. The molecule has 2 aromatic heterocycles. The van der Waals surface area contributed by atoms with Crippen LogP contribution in [0.2, 0.25) is 0 Å². The molecule has 1 saturated heterocycles. The molecule has 1 fully saturated rings. The third-order valence-electron chi connectivity index (χ3n) is 4.49. The number of imidazole rings is 1. The van der Waals surface area contributed by atoms with Gasteiger partial charge in [-0.3, -0.25) is 13.7 Å². The number of fused-ring (bicyclic) bond motifs is 1. The van der Waals surface area contributed by atoms with Gasteiger partial charge in [-0.25, -0.2) is 28.4 Å². The largest absolute Gasteiger partial charge is 1.00 e. The zero-order chi connectivity index (χ0) is 26.0. The van der Waals surface area contributed by atoms with Crippen LogP contribution in [0.5, 0.6) is 0 Å². The molecule has 1 aliphatic heterocycles. The van der Waals surface area contributed by atoms with Crippen LogP contribution in [0.1, 0.15) is 26.0 Å². The Balaban J connectivity index is 0.00000456. The molecule has 198 valence electrons. The minimum Gasteiger partial charge on any atom is -0.756 e. The average molecular weight is 602 g/mol. The second-order valence-corrected chi connectivity index (χ2v) is 12.6. The Morgan fingerprint density at radius 2 is 1.81 bits per heavy atom. The molecule has 36 heavy (non-hydrogen) atoms. The molecule has 2 aromatic rings. The van der Waals surface area contributed by atoms with Crippen molar-refractivity contribution in [1.29, 1.82) is 0 Å². The van der Waals surface area contributed by atoms with Gasteiger partial charge < -0.3 is 34.5 Å². The van der Waals surface area contributed by atoms with Crippen LogP contribution >= 0.6 is 35.2 Å². The Morgan fingerprint density at radius 1 is 1.11 bits per heavy atom. The van der Waals surface area contributed by atoms with Crippen molar-refractivity contribution in [3.8, 4) is 0 Å². The number of hydrogen-bond acceptors (Lipinski definition) is 14. The van der Waals surface area contributed by atoms with Gasteiger partial charge in [0, 0.05) is 0 Å². The van der Waals surface area contributed by atoms with Gasteiger partial charge in [0.05, 0.1) is 12.9 Å². The Labute approximate surface area is 230 Å². The Kier molecular flexibility index (Phi) is 11.7. The predicted molar refractivity (Wildman–Crippen MR) is 114 cm³/mol. The van der Waals surface area contributed by atoms with Crippen LogP contribution in [-0.2, 0) is 31.6 Å². The van der Waals surface area contributed by atoms with E-state index in [-0.39, 0.29) is 35.2 Å². The molecule has 3 rings (SSSR count). The summed E-state index contributed by atoms with van der Waals surface area (Å²) in [4.78, 5) is 50.3. The van der Waals surface area contributed by atoms with Crippen LogP contribution < -0.4 is 34.5 Å². The van der Waals surface area contributed by atoms with Crippen molar-refractivity contribution in [1.82, 2.24) is 19.5 Å². The minimum absolute atomic E-state index is 0. The summed E-state index contributed by atoms with van der Waals surface area (Å²) in [7, 11) is -17.0. The first-order valence-corrected chi connectivity index (χ1v) is 15.3. The van der Waals surface area contributed by atoms with E-state index in [1.807, 2.05) is 6.92 Å². The van der Waals surface area contributed by atoms with Gasteiger partial charge >= 0.3 is 45.2 Å². The normalized spacial score (nSPS) is 27.2. The van der Waals surface area contributed by atoms with E-state index in [2.05, 4.69) is 28.1 Å². The number of aliphatic hydroxyl groups excluding tert-OH is 2. The van der Waals surface area contributed by atoms with Crippen LogP contribution in [-0.4, -0.2) is 75.1 Å². The summed E-state index contributed by atoms with van der Waals surface area (Å²) >= 11 is 1.47. The summed E-state index contributed by atoms with van der Waals surface area (Å²) in [5.74, 6) is 0.802. The van der Waals surface area contributed by atoms with E-state index >= 15 is 0 Å². The number of ether oxygens (including phenoxy) is 1. The minimum atomic E-state index is -5.79. The number of unbranched alkanes of at least 4 members (excludes halogenated alkanes) is 1. The number of phosphoric acid groups is 3. The topological polar surface area (TPSA) is 256 Å². The number of aliphatic hydroxyl groups is 2. The molecule has 0 bridgehead atoms. The third kappa shape index (κ3) is 8.60. The van der Waals surface area contributed by atoms with Crippen molar-refractivity contribution >= 4 is 46.4 Å². The van der Waals surface area contributed by atoms with Crippen molar-refractivity contribution in [2.45, 2.75) is 49.3 Å². The second-order valence-electron chi connectivity index (χ2n) is 7.12. The van der Waals surface area contributed by atoms with Crippen LogP contribution in [0.15, 0.2) is 17.7 Å². The fraction of sp³-hybridized carbons (Fsp3) is 0.643. The van der Waals surface area contributed by atoms with E-state index in [1.54, 1.807) is 0 Å². The molecule has 1 aliphatic rings. The second kappa shape index (κ2) is 13.0. The smallest absolute Gasteiger partial charge is 0.756 e. The number of hydrogen-bond donors (Lipinski definition) is 5. The van der Waals surface area contributed by atoms with E-state index in [0.29, 0.717) is 10.5 Å². The molecule has 17 nitrogen and oxygen atoms in total. The number of thioether (sulfide) groups is 1. The van der Waals surface area contributed by atoms with Gasteiger partial charge in [-0.1, -0.05) is 13.3 Å². The fourth-order valence-corrected chi connectivity index (χ4v) is 7.03. The van der Waals surface area contributed by atoms with Crippen molar-refractivity contribution in [3.05, 3.63) is 12.7 Å². The van der Waals surface area contributed by atoms with Gasteiger partial charge in [0.15, 0.2) is 11.9 Å². The Bertz CT molecular complexity index is 1180. The summed E-state index contributed by atoms with van der Waals surface area (Å²) in [6.45, 7) is 1.10. The van der Waals surface area contributed by atoms with Gasteiger partial charge in [-0.05, 0) is 12.2 Å². The number of phosphoric ester groups is 1. The maximum Gasteiger partial charge on any atom is 1.00 e. The van der Waals surface area contributed by atoms with Crippen molar-refractivity contribution < 1.29 is 90.9 Å². The SMILES string of the molecule is CCCCSc1ncnc2c1ncn2C1O[C@H](COP(=O)(O)OP(=O)(O)OP(=O)([O-])O)[C@@H](O)[C@H]1O.[Na+]. The molecule has 7 atom stereocenters. The Hall–Kier alpha value is 0.190. The fourth-order valence-electron chi connectivity index (χ4n) is 3.00. The van der Waals surface area contributed by atoms with Gasteiger partial charge in [0.1, 0.15) is 35.2 Å². The Morgan fingerprint density at radius 3 is 2.44 bits per heavy atom. The first-order valence-electron chi connectivity index (χ1n) is 9.81. The van der Waals surface area contributed by atoms with Crippen molar-refractivity contribution in [3.63, 3.8) is 0 Å². The van der Waals surface area contributed by atoms with E-state index < -0.39 is 54.6 Å². The molecule has 4 unspecified atom stereocenters. The molecule has 3 heterocycles. The molecule has 5 N–H and O–H groups in total. The molecule has 0 spiro atoms. The van der Waals surface area contributed by atoms with E-state index in [0.717, 1.165) is 18.6 Å². The number of aromatic nitrogens is 4. The van der Waals surface area contributed by atoms with E-state index in [1.165, 1.54) is 29.0 Å². The molecule has 22 heteroatoms. The molecule has 0 aliphatic carbocycles. The monoisotopic (exact) mass is 602 g/mol. The quantitative estimate of drug-likeness (QED) is 0.0535. The van der Waals surface area contributed by atoms with Gasteiger partial charge in [-0.2, -0.15) is 4.31 Å².